The van der Waals surface area contributed by atoms with E-state index in [0.717, 1.165) is 27.0 Å². The van der Waals surface area contributed by atoms with Gasteiger partial charge >= 0.3 is 0 Å². The summed E-state index contributed by atoms with van der Waals surface area (Å²) in [6, 6.07) is 11.3. The third kappa shape index (κ3) is 4.32. The lowest BCUT2D eigenvalue weighted by molar-refractivity contribution is -0.120. The maximum atomic E-state index is 12.3. The highest BCUT2D eigenvalue weighted by Crippen LogP contribution is 2.30. The third-order valence-corrected chi connectivity index (χ3v) is 6.02. The molecular weight excluding hydrogens is 414 g/mol. The van der Waals surface area contributed by atoms with Crippen LogP contribution in [0.5, 0.6) is 0 Å². The summed E-state index contributed by atoms with van der Waals surface area (Å²) in [7, 11) is 0. The predicted octanol–water partition coefficient (Wildman–Crippen LogP) is 5.35. The van der Waals surface area contributed by atoms with Gasteiger partial charge in [0.25, 0.3) is 0 Å². The van der Waals surface area contributed by atoms with Gasteiger partial charge in [0.2, 0.25) is 5.91 Å². The number of halogens is 1. The van der Waals surface area contributed by atoms with Gasteiger partial charge in [-0.2, -0.15) is 0 Å². The number of aromatic nitrogens is 2. The number of rotatable bonds is 6. The van der Waals surface area contributed by atoms with E-state index in [1.54, 1.807) is 11.3 Å². The van der Waals surface area contributed by atoms with E-state index in [2.05, 4.69) is 15.3 Å². The van der Waals surface area contributed by atoms with E-state index in [9.17, 15) is 4.79 Å². The summed E-state index contributed by atoms with van der Waals surface area (Å²) >= 11 is 9.26. The van der Waals surface area contributed by atoms with Crippen LogP contribution in [0, 0.1) is 6.92 Å². The highest BCUT2D eigenvalue weighted by molar-refractivity contribution is 7.13. The van der Waals surface area contributed by atoms with Crippen molar-refractivity contribution in [3.05, 3.63) is 68.6 Å². The van der Waals surface area contributed by atoms with Crippen molar-refractivity contribution >= 4 is 40.2 Å². The topological polar surface area (TPSA) is 68.0 Å². The molecule has 1 amide bonds. The minimum absolute atomic E-state index is 0.113. The quantitative estimate of drug-likeness (QED) is 0.448. The Morgan fingerprint density at radius 2 is 2.00 bits per heavy atom. The summed E-state index contributed by atoms with van der Waals surface area (Å²) in [5, 5.41) is 9.15. The molecule has 3 aromatic heterocycles. The molecule has 0 aliphatic carbocycles. The van der Waals surface area contributed by atoms with Crippen molar-refractivity contribution < 1.29 is 9.21 Å². The van der Waals surface area contributed by atoms with Gasteiger partial charge in [0.15, 0.2) is 5.76 Å². The van der Waals surface area contributed by atoms with Crippen molar-refractivity contribution in [1.82, 2.24) is 15.3 Å². The number of hydrogen-bond donors (Lipinski definition) is 1. The summed E-state index contributed by atoms with van der Waals surface area (Å²) in [5.41, 5.74) is 2.41. The normalized spacial score (nSPS) is 10.9. The summed E-state index contributed by atoms with van der Waals surface area (Å²) < 4.78 is 5.76. The number of nitrogens with zero attached hydrogens (tertiary/aromatic N) is 2. The number of aryl methyl sites for hydroxylation is 1. The Kier molecular flexibility index (Phi) is 5.57. The zero-order valence-electron chi connectivity index (χ0n) is 14.9. The van der Waals surface area contributed by atoms with Crippen LogP contribution < -0.4 is 5.32 Å². The van der Waals surface area contributed by atoms with Crippen LogP contribution in [-0.2, 0) is 17.8 Å². The smallest absolute Gasteiger partial charge is 0.226 e. The molecule has 5 nitrogen and oxygen atoms in total. The largest absolute Gasteiger partial charge is 0.458 e. The molecule has 4 aromatic rings. The number of benzene rings is 1. The summed E-state index contributed by atoms with van der Waals surface area (Å²) in [4.78, 5) is 21.2. The zero-order valence-corrected chi connectivity index (χ0v) is 17.3. The Morgan fingerprint density at radius 1 is 1.14 bits per heavy atom. The Labute approximate surface area is 175 Å². The van der Waals surface area contributed by atoms with Crippen molar-refractivity contribution in [2.45, 2.75) is 19.9 Å². The molecule has 0 atom stereocenters. The summed E-state index contributed by atoms with van der Waals surface area (Å²) in [6.07, 6.45) is 0.208. The third-order valence-electron chi connectivity index (χ3n) is 3.99. The number of thiazole rings is 2. The van der Waals surface area contributed by atoms with E-state index >= 15 is 0 Å². The van der Waals surface area contributed by atoms with E-state index < -0.39 is 0 Å². The van der Waals surface area contributed by atoms with E-state index in [1.807, 2.05) is 54.1 Å². The van der Waals surface area contributed by atoms with Gasteiger partial charge in [-0.25, -0.2) is 9.97 Å². The molecular formula is C20H16ClN3O2S2. The Bertz CT molecular complexity index is 1120. The van der Waals surface area contributed by atoms with Gasteiger partial charge in [0, 0.05) is 16.3 Å². The van der Waals surface area contributed by atoms with Crippen LogP contribution in [0.1, 0.15) is 16.5 Å². The zero-order chi connectivity index (χ0) is 19.5. The highest BCUT2D eigenvalue weighted by atomic mass is 35.5. The number of amides is 1. The number of carbonyl (C=O) groups is 1. The van der Waals surface area contributed by atoms with Crippen LogP contribution in [0.15, 0.2) is 51.6 Å². The van der Waals surface area contributed by atoms with E-state index in [0.29, 0.717) is 23.1 Å². The van der Waals surface area contributed by atoms with Crippen molar-refractivity contribution in [2.75, 3.05) is 0 Å². The van der Waals surface area contributed by atoms with E-state index in [-0.39, 0.29) is 12.3 Å². The number of hydrogen-bond acceptors (Lipinski definition) is 6. The second-order valence-corrected chi connectivity index (χ2v) is 8.42. The molecule has 0 radical (unpaired) electrons. The first kappa shape index (κ1) is 18.9. The Morgan fingerprint density at radius 3 is 2.79 bits per heavy atom. The molecule has 0 fully saturated rings. The van der Waals surface area contributed by atoms with Crippen LogP contribution >= 0.6 is 34.3 Å². The lowest BCUT2D eigenvalue weighted by atomic mass is 10.2. The average molecular weight is 430 g/mol. The van der Waals surface area contributed by atoms with Crippen LogP contribution in [-0.4, -0.2) is 15.9 Å². The lowest BCUT2D eigenvalue weighted by Crippen LogP contribution is -2.24. The number of carbonyl (C=O) groups excluding carboxylic acids is 1. The predicted molar refractivity (Wildman–Crippen MR) is 113 cm³/mol. The van der Waals surface area contributed by atoms with E-state index in [4.69, 9.17) is 16.0 Å². The van der Waals surface area contributed by atoms with Crippen molar-refractivity contribution in [2.24, 2.45) is 0 Å². The average Bonchev–Trinajstić information content (AvgIpc) is 3.41. The molecule has 3 heterocycles. The first-order valence-corrected chi connectivity index (χ1v) is 10.7. The molecule has 1 N–H and O–H groups in total. The Balaban J connectivity index is 1.34. The fourth-order valence-corrected chi connectivity index (χ4v) is 4.39. The maximum Gasteiger partial charge on any atom is 0.226 e. The van der Waals surface area contributed by atoms with Crippen molar-refractivity contribution in [3.63, 3.8) is 0 Å². The molecule has 0 bridgehead atoms. The SMILES string of the molecule is Cc1nc(-c2ccc(CNC(=O)Cc3csc(-c4ccccc4Cl)n3)o2)cs1. The maximum absolute atomic E-state index is 12.3. The number of nitrogens with one attached hydrogen (secondary N) is 1. The minimum Gasteiger partial charge on any atom is -0.458 e. The monoisotopic (exact) mass is 429 g/mol. The van der Waals surface area contributed by atoms with Gasteiger partial charge < -0.3 is 9.73 Å². The second-order valence-electron chi connectivity index (χ2n) is 6.10. The molecule has 1 aromatic carbocycles. The fourth-order valence-electron chi connectivity index (χ4n) is 2.65. The molecule has 28 heavy (non-hydrogen) atoms. The molecule has 0 unspecified atom stereocenters. The number of furan rings is 1. The van der Waals surface area contributed by atoms with Gasteiger partial charge in [0.1, 0.15) is 16.5 Å². The first-order chi connectivity index (χ1) is 13.6. The molecule has 0 saturated carbocycles. The molecule has 0 saturated heterocycles. The van der Waals surface area contributed by atoms with E-state index in [1.165, 1.54) is 11.3 Å². The molecule has 0 spiro atoms. The second kappa shape index (κ2) is 8.26. The summed E-state index contributed by atoms with van der Waals surface area (Å²) in [6.45, 7) is 2.28. The van der Waals surface area contributed by atoms with Crippen LogP contribution in [0.25, 0.3) is 22.0 Å². The fraction of sp³-hybridized carbons (Fsp3) is 0.150. The molecule has 8 heteroatoms. The highest BCUT2D eigenvalue weighted by Gasteiger charge is 2.12. The van der Waals surface area contributed by atoms with Crippen molar-refractivity contribution in [1.29, 1.82) is 0 Å². The molecule has 4 rings (SSSR count). The molecule has 142 valence electrons. The Hall–Kier alpha value is -2.48. The van der Waals surface area contributed by atoms with Crippen LogP contribution in [0.4, 0.5) is 0 Å². The van der Waals surface area contributed by atoms with Gasteiger partial charge in [-0.05, 0) is 25.1 Å². The van der Waals surface area contributed by atoms with Crippen LogP contribution in [0.3, 0.4) is 0 Å². The van der Waals surface area contributed by atoms with Gasteiger partial charge in [-0.15, -0.1) is 22.7 Å². The molecule has 0 aliphatic rings. The van der Waals surface area contributed by atoms with Crippen LogP contribution in [0.2, 0.25) is 5.02 Å². The summed E-state index contributed by atoms with van der Waals surface area (Å²) in [5.74, 6) is 1.28. The lowest BCUT2D eigenvalue weighted by Gasteiger charge is -2.02. The first-order valence-electron chi connectivity index (χ1n) is 8.56. The minimum atomic E-state index is -0.113. The van der Waals surface area contributed by atoms with Gasteiger partial charge in [-0.3, -0.25) is 4.79 Å². The standard InChI is InChI=1S/C20H16ClN3O2S2/c1-12-23-17(11-27-12)18-7-6-14(26-18)9-22-19(25)8-13-10-28-20(24-13)15-4-2-3-5-16(15)21/h2-7,10-11H,8-9H2,1H3,(H,22,25). The van der Waals surface area contributed by atoms with Gasteiger partial charge in [0.05, 0.1) is 28.7 Å². The van der Waals surface area contributed by atoms with Gasteiger partial charge in [-0.1, -0.05) is 29.8 Å². The van der Waals surface area contributed by atoms with Crippen molar-refractivity contribution in [3.8, 4) is 22.0 Å². The molecule has 0 aliphatic heterocycles.